The standard InChI is InChI=1S/C27H39F5N4O3S/c1-19-17-21(33-3)18-20(2)22(19)10-16-40(38,39)36-14-12-25(13-15-36)24(37)34-23(35-25)9-7-5-4-6-8-11-26(28,29)27(30,31)32/h17-18,33H,4-16H2,1-3H3,(H,34,35,37). The number of sulfonamides is 1. The van der Waals surface area contributed by atoms with Gasteiger partial charge in [0.25, 0.3) is 5.91 Å². The summed E-state index contributed by atoms with van der Waals surface area (Å²) < 4.78 is 90.2. The lowest BCUT2D eigenvalue weighted by Crippen LogP contribution is -2.50. The van der Waals surface area contributed by atoms with E-state index in [2.05, 4.69) is 15.6 Å². The maximum atomic E-state index is 13.1. The fraction of sp³-hybridized carbons (Fsp3) is 0.704. The second kappa shape index (κ2) is 12.7. The molecule has 226 valence electrons. The van der Waals surface area contributed by atoms with Crippen molar-refractivity contribution in [2.75, 3.05) is 31.2 Å². The van der Waals surface area contributed by atoms with Crippen molar-refractivity contribution in [3.63, 3.8) is 0 Å². The van der Waals surface area contributed by atoms with Gasteiger partial charge in [-0.3, -0.25) is 9.79 Å². The zero-order valence-corrected chi connectivity index (χ0v) is 24.1. The third-order valence-corrected chi connectivity index (χ3v) is 9.76. The molecular formula is C27H39F5N4O3S. The van der Waals surface area contributed by atoms with Crippen molar-refractivity contribution < 1.29 is 35.2 Å². The van der Waals surface area contributed by atoms with E-state index in [9.17, 15) is 35.2 Å². The number of carbonyl (C=O) groups excluding carboxylic acids is 1. The molecule has 3 rings (SSSR count). The first-order valence-corrected chi connectivity index (χ1v) is 15.3. The molecule has 7 nitrogen and oxygen atoms in total. The molecule has 1 saturated heterocycles. The smallest absolute Gasteiger partial charge is 0.388 e. The van der Waals surface area contributed by atoms with Crippen molar-refractivity contribution in [1.29, 1.82) is 0 Å². The van der Waals surface area contributed by atoms with E-state index in [1.807, 2.05) is 33.0 Å². The Kier molecular flexibility index (Phi) is 10.2. The lowest BCUT2D eigenvalue weighted by atomic mass is 9.89. The lowest BCUT2D eigenvalue weighted by molar-refractivity contribution is -0.284. The van der Waals surface area contributed by atoms with Crippen molar-refractivity contribution in [2.45, 2.75) is 95.7 Å². The lowest BCUT2D eigenvalue weighted by Gasteiger charge is -2.34. The van der Waals surface area contributed by atoms with Crippen LogP contribution in [0.3, 0.4) is 0 Å². The third-order valence-electron chi connectivity index (χ3n) is 7.89. The number of aliphatic imine (C=N–C) groups is 1. The van der Waals surface area contributed by atoms with Gasteiger partial charge in [-0.1, -0.05) is 19.3 Å². The normalized spacial score (nSPS) is 18.2. The summed E-state index contributed by atoms with van der Waals surface area (Å²) in [5.41, 5.74) is 3.07. The van der Waals surface area contributed by atoms with Crippen LogP contribution in [0.5, 0.6) is 0 Å². The number of amides is 1. The number of rotatable bonds is 13. The number of unbranched alkanes of at least 4 members (excludes halogenated alkanes) is 4. The van der Waals surface area contributed by atoms with E-state index in [1.165, 1.54) is 4.31 Å². The first-order chi connectivity index (χ1) is 18.6. The Labute approximate surface area is 233 Å². The molecule has 0 bridgehead atoms. The SMILES string of the molecule is CNc1cc(C)c(CCS(=O)(=O)N2CCC3(CC2)N=C(CCCCCCCC(F)(F)C(F)(F)F)NC3=O)c(C)c1. The van der Waals surface area contributed by atoms with Crippen molar-refractivity contribution in [3.8, 4) is 0 Å². The fourth-order valence-electron chi connectivity index (χ4n) is 5.38. The van der Waals surface area contributed by atoms with Gasteiger partial charge in [0.15, 0.2) is 0 Å². The van der Waals surface area contributed by atoms with Crippen LogP contribution >= 0.6 is 0 Å². The van der Waals surface area contributed by atoms with Gasteiger partial charge in [0, 0.05) is 38.7 Å². The second-order valence-corrected chi connectivity index (χ2v) is 12.9. The summed E-state index contributed by atoms with van der Waals surface area (Å²) in [4.78, 5) is 17.4. The second-order valence-electron chi connectivity index (χ2n) is 10.8. The zero-order chi connectivity index (χ0) is 29.8. The fourth-order valence-corrected chi connectivity index (χ4v) is 6.84. The van der Waals surface area contributed by atoms with Crippen LogP contribution in [0.15, 0.2) is 17.1 Å². The van der Waals surface area contributed by atoms with Crippen LogP contribution in [-0.4, -0.2) is 68.0 Å². The molecule has 1 amide bonds. The summed E-state index contributed by atoms with van der Waals surface area (Å²) in [6, 6.07) is 3.99. The molecule has 2 N–H and O–H groups in total. The molecule has 0 atom stereocenters. The summed E-state index contributed by atoms with van der Waals surface area (Å²) in [6.07, 6.45) is -3.52. The van der Waals surface area contributed by atoms with Crippen molar-refractivity contribution >= 4 is 27.5 Å². The molecule has 0 aliphatic carbocycles. The van der Waals surface area contributed by atoms with Crippen molar-refractivity contribution in [1.82, 2.24) is 9.62 Å². The molecule has 0 saturated carbocycles. The van der Waals surface area contributed by atoms with Gasteiger partial charge >= 0.3 is 12.1 Å². The molecule has 2 aliphatic heterocycles. The van der Waals surface area contributed by atoms with Crippen LogP contribution in [0.1, 0.15) is 74.5 Å². The molecular weight excluding hydrogens is 555 g/mol. The van der Waals surface area contributed by atoms with Crippen LogP contribution in [0, 0.1) is 13.8 Å². The van der Waals surface area contributed by atoms with Crippen molar-refractivity contribution in [2.24, 2.45) is 4.99 Å². The van der Waals surface area contributed by atoms with Crippen LogP contribution < -0.4 is 10.6 Å². The number of piperidine rings is 1. The Morgan fingerprint density at radius 1 is 0.975 bits per heavy atom. The Balaban J connectivity index is 1.44. The average molecular weight is 595 g/mol. The van der Waals surface area contributed by atoms with Gasteiger partial charge in [0.05, 0.1) is 5.75 Å². The maximum Gasteiger partial charge on any atom is 0.453 e. The third kappa shape index (κ3) is 7.71. The highest BCUT2D eigenvalue weighted by Crippen LogP contribution is 2.39. The van der Waals surface area contributed by atoms with E-state index in [1.54, 1.807) is 0 Å². The van der Waals surface area contributed by atoms with Gasteiger partial charge < -0.3 is 10.6 Å². The van der Waals surface area contributed by atoms with Gasteiger partial charge in [-0.2, -0.15) is 22.0 Å². The molecule has 40 heavy (non-hydrogen) atoms. The number of nitrogens with one attached hydrogen (secondary N) is 2. The average Bonchev–Trinajstić information content (AvgIpc) is 3.16. The molecule has 0 aromatic heterocycles. The minimum absolute atomic E-state index is 0.0187. The number of amidine groups is 1. The molecule has 0 radical (unpaired) electrons. The number of nitrogens with zero attached hydrogens (tertiary/aromatic N) is 2. The van der Waals surface area contributed by atoms with E-state index in [0.717, 1.165) is 22.4 Å². The van der Waals surface area contributed by atoms with Gasteiger partial charge in [-0.25, -0.2) is 12.7 Å². The van der Waals surface area contributed by atoms with E-state index in [0.29, 0.717) is 37.9 Å². The summed E-state index contributed by atoms with van der Waals surface area (Å²) in [5.74, 6) is -4.41. The largest absolute Gasteiger partial charge is 0.453 e. The highest BCUT2D eigenvalue weighted by atomic mass is 32.2. The number of carbonyl (C=O) groups is 1. The summed E-state index contributed by atoms with van der Waals surface area (Å²) >= 11 is 0. The molecule has 1 spiro atoms. The van der Waals surface area contributed by atoms with Gasteiger partial charge in [0.2, 0.25) is 10.0 Å². The zero-order valence-electron chi connectivity index (χ0n) is 23.3. The Morgan fingerprint density at radius 3 is 2.12 bits per heavy atom. The molecule has 1 aromatic carbocycles. The van der Waals surface area contributed by atoms with Gasteiger partial charge in [0.1, 0.15) is 11.4 Å². The molecule has 2 heterocycles. The minimum atomic E-state index is -5.51. The Hall–Kier alpha value is -2.28. The Bertz CT molecular complexity index is 1170. The van der Waals surface area contributed by atoms with E-state index in [-0.39, 0.29) is 50.4 Å². The Morgan fingerprint density at radius 2 is 1.55 bits per heavy atom. The summed E-state index contributed by atoms with van der Waals surface area (Å²) in [7, 11) is -1.69. The number of benzene rings is 1. The number of alkyl halides is 5. The predicted molar refractivity (Wildman–Crippen MR) is 145 cm³/mol. The quantitative estimate of drug-likeness (QED) is 0.233. The van der Waals surface area contributed by atoms with E-state index in [4.69, 9.17) is 0 Å². The summed E-state index contributed by atoms with van der Waals surface area (Å²) in [6.45, 7) is 4.33. The number of anilines is 1. The van der Waals surface area contributed by atoms with Crippen molar-refractivity contribution in [3.05, 3.63) is 28.8 Å². The maximum absolute atomic E-state index is 13.1. The van der Waals surface area contributed by atoms with Crippen LogP contribution in [-0.2, 0) is 21.2 Å². The summed E-state index contributed by atoms with van der Waals surface area (Å²) in [5, 5.41) is 5.89. The van der Waals surface area contributed by atoms with Crippen LogP contribution in [0.2, 0.25) is 0 Å². The monoisotopic (exact) mass is 594 g/mol. The molecule has 1 fully saturated rings. The highest BCUT2D eigenvalue weighted by molar-refractivity contribution is 7.89. The van der Waals surface area contributed by atoms with Crippen LogP contribution in [0.25, 0.3) is 0 Å². The number of halogens is 5. The van der Waals surface area contributed by atoms with E-state index < -0.39 is 34.1 Å². The minimum Gasteiger partial charge on any atom is -0.388 e. The van der Waals surface area contributed by atoms with Crippen LogP contribution in [0.4, 0.5) is 27.6 Å². The first kappa shape index (κ1) is 32.2. The molecule has 2 aliphatic rings. The van der Waals surface area contributed by atoms with Gasteiger partial charge in [-0.15, -0.1) is 0 Å². The van der Waals surface area contributed by atoms with Gasteiger partial charge in [-0.05, 0) is 74.8 Å². The van der Waals surface area contributed by atoms with E-state index >= 15 is 0 Å². The molecule has 13 heteroatoms. The number of hydrogen-bond acceptors (Lipinski definition) is 5. The molecule has 1 aromatic rings. The topological polar surface area (TPSA) is 90.9 Å². The predicted octanol–water partition coefficient (Wildman–Crippen LogP) is 5.51. The number of hydrogen-bond donors (Lipinski definition) is 2. The molecule has 0 unspecified atom stereocenters. The number of aryl methyl sites for hydroxylation is 2. The highest BCUT2D eigenvalue weighted by Gasteiger charge is 2.56. The first-order valence-electron chi connectivity index (χ1n) is 13.7.